The van der Waals surface area contributed by atoms with Crippen molar-refractivity contribution in [2.75, 3.05) is 32.8 Å². The molecule has 18 heteroatoms. The van der Waals surface area contributed by atoms with Gasteiger partial charge in [-0.2, -0.15) is 0 Å². The van der Waals surface area contributed by atoms with Crippen molar-refractivity contribution in [1.29, 1.82) is 0 Å². The lowest BCUT2D eigenvalue weighted by Gasteiger charge is -2.38. The molecule has 0 radical (unpaired) electrons. The van der Waals surface area contributed by atoms with Crippen LogP contribution in [0, 0.1) is 36.5 Å². The largest absolute Gasteiger partial charge is 0.391 e. The fourth-order valence-corrected chi connectivity index (χ4v) is 12.5. The van der Waals surface area contributed by atoms with Crippen LogP contribution in [0.25, 0.3) is 0 Å². The Hall–Kier alpha value is -4.00. The first-order valence-electron chi connectivity index (χ1n) is 23.9. The molecule has 5 N–H and O–H groups in total. The number of aliphatic hydroxyl groups excluding tert-OH is 1. The van der Waals surface area contributed by atoms with E-state index in [-0.39, 0.29) is 56.2 Å². The van der Waals surface area contributed by atoms with Crippen molar-refractivity contribution in [2.24, 2.45) is 22.7 Å². The van der Waals surface area contributed by atoms with E-state index in [1.54, 1.807) is 36.5 Å². The number of hydrogen-bond acceptors (Lipinski definition) is 12. The Bertz CT molecular complexity index is 2030. The van der Waals surface area contributed by atoms with Gasteiger partial charge in [-0.3, -0.25) is 28.8 Å². The van der Waals surface area contributed by atoms with Gasteiger partial charge >= 0.3 is 0 Å². The SMILES string of the molecule is CC(=O)N[C@H](C(=O)N1C[C@H](OCC(C)(C)[C@H](NC(C)=O)C(=O)N2C[C@H](O)C[C@H]2C(=O)NCC2CCC(c3scnc3C)CC2)C[C@H]1C(=O)NCC1CCC(c2scnc2C)CC1)C(C)(C)C. The van der Waals surface area contributed by atoms with Crippen LogP contribution in [-0.2, 0) is 33.5 Å². The molecule has 2 aromatic rings. The Labute approximate surface area is 398 Å². The van der Waals surface area contributed by atoms with E-state index < -0.39 is 59.0 Å². The van der Waals surface area contributed by atoms with Gasteiger partial charge in [-0.1, -0.05) is 34.6 Å². The smallest absolute Gasteiger partial charge is 0.246 e. The molecule has 0 spiro atoms. The van der Waals surface area contributed by atoms with Gasteiger partial charge < -0.3 is 40.9 Å². The number of aliphatic hydroxyl groups is 1. The summed E-state index contributed by atoms with van der Waals surface area (Å²) >= 11 is 3.41. The summed E-state index contributed by atoms with van der Waals surface area (Å²) < 4.78 is 6.52. The molecule has 4 aliphatic rings. The lowest BCUT2D eigenvalue weighted by molar-refractivity contribution is -0.146. The molecular formula is C48H74N8O8S2. The van der Waals surface area contributed by atoms with E-state index >= 15 is 0 Å². The lowest BCUT2D eigenvalue weighted by atomic mass is 9.81. The molecule has 16 nitrogen and oxygen atoms in total. The number of β-amino-alcohol motifs (C(OH)–C–C–N with tert-alkyl or cyclic N) is 1. The van der Waals surface area contributed by atoms with Crippen LogP contribution in [0.5, 0.6) is 0 Å². The molecule has 0 aromatic carbocycles. The number of nitrogens with one attached hydrogen (secondary N) is 4. The number of carbonyl (C=O) groups is 6. The number of thiazole rings is 2. The molecule has 6 atom stereocenters. The molecule has 66 heavy (non-hydrogen) atoms. The molecule has 366 valence electrons. The van der Waals surface area contributed by atoms with Crippen molar-refractivity contribution < 1.29 is 38.6 Å². The molecule has 0 bridgehead atoms. The first kappa shape index (κ1) is 51.4. The van der Waals surface area contributed by atoms with E-state index in [4.69, 9.17) is 4.74 Å². The van der Waals surface area contributed by atoms with Crippen LogP contribution in [0.2, 0.25) is 0 Å². The predicted molar refractivity (Wildman–Crippen MR) is 254 cm³/mol. The summed E-state index contributed by atoms with van der Waals surface area (Å²) in [5.74, 6) is -0.744. The van der Waals surface area contributed by atoms with Crippen LogP contribution in [-0.4, -0.2) is 129 Å². The Morgan fingerprint density at radius 3 is 1.58 bits per heavy atom. The van der Waals surface area contributed by atoms with E-state index in [9.17, 15) is 33.9 Å². The molecule has 4 heterocycles. The van der Waals surface area contributed by atoms with E-state index in [0.29, 0.717) is 36.8 Å². The first-order chi connectivity index (χ1) is 31.1. The summed E-state index contributed by atoms with van der Waals surface area (Å²) in [5.41, 5.74) is 4.28. The van der Waals surface area contributed by atoms with Gasteiger partial charge in [-0.15, -0.1) is 22.7 Å². The highest BCUT2D eigenvalue weighted by atomic mass is 32.1. The molecule has 2 aromatic heterocycles. The minimum Gasteiger partial charge on any atom is -0.391 e. The van der Waals surface area contributed by atoms with Gasteiger partial charge in [0, 0.05) is 68.0 Å². The number of nitrogens with zero attached hydrogens (tertiary/aromatic N) is 4. The zero-order valence-electron chi connectivity index (χ0n) is 40.4. The Balaban J connectivity index is 1.09. The van der Waals surface area contributed by atoms with Gasteiger partial charge in [-0.05, 0) is 94.3 Å². The van der Waals surface area contributed by atoms with Gasteiger partial charge in [0.15, 0.2) is 0 Å². The molecule has 4 fully saturated rings. The van der Waals surface area contributed by atoms with E-state index in [2.05, 4.69) is 45.1 Å². The van der Waals surface area contributed by atoms with Gasteiger partial charge in [0.1, 0.15) is 24.2 Å². The maximum Gasteiger partial charge on any atom is 0.246 e. The van der Waals surface area contributed by atoms with E-state index in [0.717, 1.165) is 62.8 Å². The number of rotatable bonds is 16. The molecule has 0 unspecified atom stereocenters. The third-order valence-corrected chi connectivity index (χ3v) is 16.6. The lowest BCUT2D eigenvalue weighted by Crippen LogP contribution is -2.59. The highest BCUT2D eigenvalue weighted by Crippen LogP contribution is 2.40. The van der Waals surface area contributed by atoms with Crippen LogP contribution in [0.15, 0.2) is 11.0 Å². The van der Waals surface area contributed by atoms with Crippen molar-refractivity contribution in [3.63, 3.8) is 0 Å². The zero-order valence-corrected chi connectivity index (χ0v) is 42.1. The Morgan fingerprint density at radius 2 is 1.14 bits per heavy atom. The van der Waals surface area contributed by atoms with Gasteiger partial charge in [0.25, 0.3) is 0 Å². The summed E-state index contributed by atoms with van der Waals surface area (Å²) in [5, 5.41) is 22.7. The molecule has 6 amide bonds. The monoisotopic (exact) mass is 955 g/mol. The fourth-order valence-electron chi connectivity index (χ4n) is 10.5. The number of ether oxygens (including phenoxy) is 1. The number of aromatic nitrogens is 2. The highest BCUT2D eigenvalue weighted by molar-refractivity contribution is 7.10. The molecule has 2 saturated carbocycles. The molecule has 6 rings (SSSR count). The van der Waals surface area contributed by atoms with Crippen molar-refractivity contribution in [3.05, 3.63) is 32.2 Å². The van der Waals surface area contributed by atoms with Crippen LogP contribution in [0.3, 0.4) is 0 Å². The highest BCUT2D eigenvalue weighted by Gasteiger charge is 2.49. The second kappa shape index (κ2) is 22.0. The summed E-state index contributed by atoms with van der Waals surface area (Å²) in [6, 6.07) is -3.81. The summed E-state index contributed by atoms with van der Waals surface area (Å²) in [6.07, 6.45) is 6.73. The standard InChI is InChI=1S/C48H74N8O8S2/c1-27-39(65-25-51-27)33-14-10-31(11-15-33)20-49-43(60)37-18-35(59)22-55(37)46(63)42(54-30(4)58)48(8,9)24-64-36-19-38(56(23-36)45(62)41(47(5,6)7)53-29(3)57)44(61)50-21-32-12-16-34(17-13-32)40-28(2)52-26-66-40/h25-26,31-38,41-42,59H,10-24H2,1-9H3,(H,49,60)(H,50,61)(H,53,57)(H,54,58)/t31?,32?,33?,34?,35-,36-,37+,38+,41-,42-/m1/s1. The number of likely N-dealkylation sites (tertiary alicyclic amines) is 2. The second-order valence-corrected chi connectivity index (χ2v) is 23.0. The van der Waals surface area contributed by atoms with Crippen molar-refractivity contribution >= 4 is 58.1 Å². The minimum absolute atomic E-state index is 0.0431. The third kappa shape index (κ3) is 12.7. The van der Waals surface area contributed by atoms with Crippen LogP contribution in [0.1, 0.15) is 146 Å². The quantitative estimate of drug-likeness (QED) is 0.156. The van der Waals surface area contributed by atoms with Crippen molar-refractivity contribution in [1.82, 2.24) is 41.0 Å². The van der Waals surface area contributed by atoms with Gasteiger partial charge in [0.05, 0.1) is 41.2 Å². The normalized spacial score (nSPS) is 26.9. The second-order valence-electron chi connectivity index (χ2n) is 21.2. The fraction of sp³-hybridized carbons (Fsp3) is 0.750. The summed E-state index contributed by atoms with van der Waals surface area (Å²) in [7, 11) is 0. The van der Waals surface area contributed by atoms with Crippen LogP contribution in [0.4, 0.5) is 0 Å². The number of carbonyl (C=O) groups excluding carboxylic acids is 6. The average Bonchev–Trinajstić information content (AvgIpc) is 4.09. The number of hydrogen-bond donors (Lipinski definition) is 5. The topological polar surface area (TPSA) is 212 Å². The maximum absolute atomic E-state index is 14.5. The minimum atomic E-state index is -1.13. The first-order valence-corrected chi connectivity index (χ1v) is 25.7. The van der Waals surface area contributed by atoms with E-state index in [1.165, 1.54) is 33.4 Å². The number of aryl methyl sites for hydroxylation is 2. The Morgan fingerprint density at radius 1 is 0.697 bits per heavy atom. The van der Waals surface area contributed by atoms with Crippen molar-refractivity contribution in [3.8, 4) is 0 Å². The maximum atomic E-state index is 14.5. The summed E-state index contributed by atoms with van der Waals surface area (Å²) in [4.78, 5) is 96.2. The van der Waals surface area contributed by atoms with Crippen molar-refractivity contribution in [2.45, 2.75) is 175 Å². The van der Waals surface area contributed by atoms with Gasteiger partial charge in [-0.25, -0.2) is 9.97 Å². The van der Waals surface area contributed by atoms with E-state index in [1.807, 2.05) is 31.8 Å². The van der Waals surface area contributed by atoms with Crippen LogP contribution < -0.4 is 21.3 Å². The predicted octanol–water partition coefficient (Wildman–Crippen LogP) is 4.73. The van der Waals surface area contributed by atoms with Gasteiger partial charge in [0.2, 0.25) is 35.4 Å². The molecule has 2 saturated heterocycles. The third-order valence-electron chi connectivity index (χ3n) is 14.4. The molecule has 2 aliphatic carbocycles. The molecule has 2 aliphatic heterocycles. The Kier molecular flexibility index (Phi) is 17.1. The average molecular weight is 955 g/mol. The summed E-state index contributed by atoms with van der Waals surface area (Å²) in [6.45, 7) is 16.9. The molecular weight excluding hydrogens is 881 g/mol. The van der Waals surface area contributed by atoms with Crippen LogP contribution >= 0.6 is 22.7 Å². The zero-order chi connectivity index (χ0) is 48.1. The number of amides is 6.